The number of benzene rings is 1. The van der Waals surface area contributed by atoms with Gasteiger partial charge in [-0.1, -0.05) is 29.3 Å². The molecule has 1 saturated heterocycles. The number of amides is 1. The van der Waals surface area contributed by atoms with E-state index < -0.39 is 10.0 Å². The largest absolute Gasteiger partial charge is 0.340 e. The molecular weight excluding hydrogens is 439 g/mol. The molecule has 2 heterocycles. The number of hydrogen-bond donors (Lipinski definition) is 0. The summed E-state index contributed by atoms with van der Waals surface area (Å²) < 4.78 is 27.3. The lowest BCUT2D eigenvalue weighted by molar-refractivity contribution is -0.135. The zero-order valence-corrected chi connectivity index (χ0v) is 18.8. The Balaban J connectivity index is 1.65. The quantitative estimate of drug-likeness (QED) is 0.662. The Bertz CT molecular complexity index is 947. The van der Waals surface area contributed by atoms with E-state index in [1.54, 1.807) is 29.4 Å². The number of halogens is 2. The molecule has 0 aliphatic carbocycles. The lowest BCUT2D eigenvalue weighted by Crippen LogP contribution is -2.43. The molecule has 2 aromatic rings. The maximum absolute atomic E-state index is 13.0. The van der Waals surface area contributed by atoms with Crippen LogP contribution in [0.2, 0.25) is 10.0 Å². The van der Waals surface area contributed by atoms with Crippen LogP contribution < -0.4 is 0 Å². The van der Waals surface area contributed by atoms with Gasteiger partial charge in [-0.3, -0.25) is 4.79 Å². The molecule has 0 atom stereocenters. The van der Waals surface area contributed by atoms with Gasteiger partial charge in [0.2, 0.25) is 15.9 Å². The number of aryl methyl sites for hydroxylation is 1. The lowest BCUT2D eigenvalue weighted by Gasteiger charge is -2.32. The van der Waals surface area contributed by atoms with E-state index in [4.69, 9.17) is 23.2 Å². The molecule has 1 aliphatic heterocycles. The minimum Gasteiger partial charge on any atom is -0.340 e. The smallest absolute Gasteiger partial charge is 0.246 e. The van der Waals surface area contributed by atoms with Gasteiger partial charge >= 0.3 is 0 Å². The van der Waals surface area contributed by atoms with Crippen LogP contribution in [-0.2, 0) is 21.4 Å². The molecule has 1 aromatic heterocycles. The fourth-order valence-corrected chi connectivity index (χ4v) is 6.89. The molecular formula is C19H22Cl2N2O3S2. The molecule has 5 nitrogen and oxygen atoms in total. The number of thiophene rings is 1. The predicted molar refractivity (Wildman–Crippen MR) is 113 cm³/mol. The number of hydrogen-bond acceptors (Lipinski definition) is 4. The van der Waals surface area contributed by atoms with Gasteiger partial charge in [0.25, 0.3) is 0 Å². The van der Waals surface area contributed by atoms with Gasteiger partial charge in [0.15, 0.2) is 0 Å². The zero-order valence-electron chi connectivity index (χ0n) is 15.7. The fourth-order valence-electron chi connectivity index (χ4n) is 3.37. The second-order valence-electron chi connectivity index (χ2n) is 6.95. The highest BCUT2D eigenvalue weighted by Crippen LogP contribution is 2.33. The molecule has 0 N–H and O–H groups in total. The molecule has 0 saturated carbocycles. The topological polar surface area (TPSA) is 57.7 Å². The van der Waals surface area contributed by atoms with Crippen LogP contribution in [0, 0.1) is 12.8 Å². The third-order valence-corrected chi connectivity index (χ3v) is 8.91. The summed E-state index contributed by atoms with van der Waals surface area (Å²) in [5.74, 6) is -0.126. The van der Waals surface area contributed by atoms with Crippen molar-refractivity contribution in [2.45, 2.75) is 31.2 Å². The van der Waals surface area contributed by atoms with E-state index in [0.717, 1.165) is 0 Å². The molecule has 0 unspecified atom stereocenters. The first-order valence-electron chi connectivity index (χ1n) is 8.94. The molecule has 1 fully saturated rings. The van der Waals surface area contributed by atoms with Crippen molar-refractivity contribution in [3.05, 3.63) is 50.1 Å². The van der Waals surface area contributed by atoms with Crippen molar-refractivity contribution in [3.8, 4) is 0 Å². The Kier molecular flexibility index (Phi) is 6.72. The van der Waals surface area contributed by atoms with E-state index in [1.165, 1.54) is 26.9 Å². The van der Waals surface area contributed by atoms with E-state index in [-0.39, 0.29) is 39.9 Å². The van der Waals surface area contributed by atoms with Gasteiger partial charge in [-0.05, 0) is 48.9 Å². The highest BCUT2D eigenvalue weighted by atomic mass is 35.5. The van der Waals surface area contributed by atoms with Crippen LogP contribution in [0.3, 0.4) is 0 Å². The minimum absolute atomic E-state index is 0.0561. The second kappa shape index (κ2) is 8.71. The van der Waals surface area contributed by atoms with E-state index in [1.807, 2.05) is 18.4 Å². The third-order valence-electron chi connectivity index (χ3n) is 5.05. The zero-order chi connectivity index (χ0) is 20.5. The van der Waals surface area contributed by atoms with E-state index in [9.17, 15) is 13.2 Å². The maximum Gasteiger partial charge on any atom is 0.246 e. The Labute approximate surface area is 179 Å². The normalized spacial score (nSPS) is 16.3. The second-order valence-corrected chi connectivity index (χ2v) is 10.6. The summed E-state index contributed by atoms with van der Waals surface area (Å²) in [7, 11) is -1.99. The minimum atomic E-state index is -3.79. The average Bonchev–Trinajstić information content (AvgIpc) is 3.05. The summed E-state index contributed by atoms with van der Waals surface area (Å²) in [5, 5.41) is 2.24. The molecule has 3 rings (SSSR count). The van der Waals surface area contributed by atoms with Crippen molar-refractivity contribution in [2.24, 2.45) is 5.92 Å². The molecule has 1 aliphatic rings. The van der Waals surface area contributed by atoms with E-state index in [0.29, 0.717) is 19.4 Å². The first-order chi connectivity index (χ1) is 13.2. The van der Waals surface area contributed by atoms with Crippen LogP contribution in [0.4, 0.5) is 0 Å². The van der Waals surface area contributed by atoms with Gasteiger partial charge in [-0.25, -0.2) is 8.42 Å². The molecule has 1 amide bonds. The van der Waals surface area contributed by atoms with Crippen LogP contribution in [0.15, 0.2) is 34.5 Å². The van der Waals surface area contributed by atoms with Crippen LogP contribution in [-0.4, -0.2) is 43.7 Å². The summed E-state index contributed by atoms with van der Waals surface area (Å²) in [5.41, 5.74) is 1.18. The maximum atomic E-state index is 13.0. The number of nitrogens with zero attached hydrogens (tertiary/aromatic N) is 2. The first-order valence-corrected chi connectivity index (χ1v) is 12.0. The van der Waals surface area contributed by atoms with Gasteiger partial charge in [0.1, 0.15) is 4.90 Å². The van der Waals surface area contributed by atoms with Gasteiger partial charge in [-0.2, -0.15) is 4.31 Å². The van der Waals surface area contributed by atoms with Crippen LogP contribution >= 0.6 is 34.5 Å². The Morgan fingerprint density at radius 3 is 2.36 bits per heavy atom. The molecule has 1 aromatic carbocycles. The fraction of sp³-hybridized carbons (Fsp3) is 0.421. The first kappa shape index (κ1) is 21.6. The van der Waals surface area contributed by atoms with Crippen LogP contribution in [0.25, 0.3) is 0 Å². The molecule has 28 heavy (non-hydrogen) atoms. The Hall–Kier alpha value is -1.12. The van der Waals surface area contributed by atoms with Crippen molar-refractivity contribution in [3.63, 3.8) is 0 Å². The molecule has 0 spiro atoms. The van der Waals surface area contributed by atoms with Crippen molar-refractivity contribution in [1.29, 1.82) is 0 Å². The summed E-state index contributed by atoms with van der Waals surface area (Å²) >= 11 is 13.8. The summed E-state index contributed by atoms with van der Waals surface area (Å²) in [6.07, 6.45) is 0.960. The van der Waals surface area contributed by atoms with E-state index in [2.05, 4.69) is 0 Å². The molecule has 9 heteroatoms. The number of carbonyl (C=O) groups is 1. The summed E-state index contributed by atoms with van der Waals surface area (Å²) in [6, 6.07) is 6.68. The SMILES string of the molecule is Cc1ccsc1CN(C)C(=O)C1CCN(S(=O)(=O)c2c(Cl)cccc2Cl)CC1. The number of rotatable bonds is 5. The van der Waals surface area contributed by atoms with Crippen LogP contribution in [0.1, 0.15) is 23.3 Å². The lowest BCUT2D eigenvalue weighted by atomic mass is 9.96. The Morgan fingerprint density at radius 2 is 1.82 bits per heavy atom. The monoisotopic (exact) mass is 460 g/mol. The van der Waals surface area contributed by atoms with Crippen molar-refractivity contribution >= 4 is 50.5 Å². The highest BCUT2D eigenvalue weighted by Gasteiger charge is 2.35. The standard InChI is InChI=1S/C19H22Cl2N2O3S2/c1-13-8-11-27-17(13)12-22(2)19(24)14-6-9-23(10-7-14)28(25,26)18-15(20)4-3-5-16(18)21/h3-5,8,11,14H,6-7,9-10,12H2,1-2H3. The Morgan fingerprint density at radius 1 is 1.21 bits per heavy atom. The van der Waals surface area contributed by atoms with Gasteiger partial charge < -0.3 is 4.90 Å². The highest BCUT2D eigenvalue weighted by molar-refractivity contribution is 7.89. The molecule has 152 valence electrons. The average molecular weight is 461 g/mol. The van der Waals surface area contributed by atoms with Gasteiger partial charge in [-0.15, -0.1) is 11.3 Å². The summed E-state index contributed by atoms with van der Waals surface area (Å²) in [4.78, 5) is 15.6. The number of carbonyl (C=O) groups excluding carboxylic acids is 1. The van der Waals surface area contributed by atoms with Crippen molar-refractivity contribution in [1.82, 2.24) is 9.21 Å². The third kappa shape index (κ3) is 4.39. The van der Waals surface area contributed by atoms with Crippen molar-refractivity contribution in [2.75, 3.05) is 20.1 Å². The number of piperidine rings is 1. The van der Waals surface area contributed by atoms with Gasteiger partial charge in [0.05, 0.1) is 16.6 Å². The van der Waals surface area contributed by atoms with E-state index >= 15 is 0 Å². The van der Waals surface area contributed by atoms with Gasteiger partial charge in [0, 0.05) is 30.9 Å². The van der Waals surface area contributed by atoms with Crippen molar-refractivity contribution < 1.29 is 13.2 Å². The van der Waals surface area contributed by atoms with Crippen LogP contribution in [0.5, 0.6) is 0 Å². The molecule has 0 bridgehead atoms. The molecule has 0 radical (unpaired) electrons. The predicted octanol–water partition coefficient (Wildman–Crippen LogP) is 4.42. The summed E-state index contributed by atoms with van der Waals surface area (Å²) in [6.45, 7) is 3.15. The number of sulfonamides is 1.